The summed E-state index contributed by atoms with van der Waals surface area (Å²) in [5.74, 6) is 0.735. The molecule has 0 atom stereocenters. The average Bonchev–Trinajstić information content (AvgIpc) is 3.65. The van der Waals surface area contributed by atoms with Crippen molar-refractivity contribution in [1.82, 2.24) is 14.8 Å². The third-order valence-corrected chi connectivity index (χ3v) is 8.04. The number of amides is 2. The van der Waals surface area contributed by atoms with Crippen LogP contribution in [0.15, 0.2) is 83.5 Å². The number of pyridine rings is 1. The monoisotopic (exact) mass is 538 g/mol. The Kier molecular flexibility index (Phi) is 6.50. The normalized spacial score (nSPS) is 13.6. The van der Waals surface area contributed by atoms with E-state index in [9.17, 15) is 9.59 Å². The van der Waals surface area contributed by atoms with E-state index in [-0.39, 0.29) is 11.8 Å². The first kappa shape index (κ1) is 24.7. The summed E-state index contributed by atoms with van der Waals surface area (Å²) in [5, 5.41) is 0.764. The van der Waals surface area contributed by atoms with Crippen LogP contribution in [0.1, 0.15) is 20.2 Å². The Bertz CT molecular complexity index is 1640. The van der Waals surface area contributed by atoms with E-state index in [1.54, 1.807) is 29.0 Å². The molecule has 196 valence electrons. The summed E-state index contributed by atoms with van der Waals surface area (Å²) >= 11 is 1.31. The first-order chi connectivity index (χ1) is 19.0. The molecule has 6 rings (SSSR count). The van der Waals surface area contributed by atoms with Crippen LogP contribution in [0.2, 0.25) is 0 Å². The minimum Gasteiger partial charge on any atom is -0.497 e. The smallest absolute Gasteiger partial charge is 0.289 e. The average molecular weight is 539 g/mol. The second kappa shape index (κ2) is 10.3. The number of carbonyl (C=O) groups excluding carboxylic acids is 2. The lowest BCUT2D eigenvalue weighted by Gasteiger charge is -2.34. The molecule has 3 aromatic heterocycles. The van der Waals surface area contributed by atoms with E-state index in [2.05, 4.69) is 0 Å². The number of rotatable bonds is 5. The van der Waals surface area contributed by atoms with Gasteiger partial charge in [-0.05, 0) is 41.5 Å². The van der Waals surface area contributed by atoms with Gasteiger partial charge in [-0.25, -0.2) is 4.98 Å². The number of hydrogen-bond donors (Lipinski definition) is 1. The summed E-state index contributed by atoms with van der Waals surface area (Å²) in [5.41, 5.74) is 10.8. The van der Waals surface area contributed by atoms with Crippen molar-refractivity contribution in [2.45, 2.75) is 0 Å². The molecule has 0 spiro atoms. The van der Waals surface area contributed by atoms with E-state index in [0.29, 0.717) is 47.3 Å². The fourth-order valence-corrected chi connectivity index (χ4v) is 5.93. The molecular formula is C30H26N4O4S. The molecule has 9 heteroatoms. The standard InChI is InChI=1S/C30H26N4O4S/c1-37-21-11-9-19(10-12-21)22-18-23(20-6-3-2-4-7-20)32-28-25(22)26(31)27(39-28)30(36)34-15-13-33(14-16-34)29(35)24-8-5-17-38-24/h2-12,17-18H,13-16,31H2,1H3. The van der Waals surface area contributed by atoms with E-state index < -0.39 is 0 Å². The van der Waals surface area contributed by atoms with Crippen LogP contribution in [0.5, 0.6) is 5.75 Å². The first-order valence-corrected chi connectivity index (χ1v) is 13.4. The number of nitrogens with zero attached hydrogens (tertiary/aromatic N) is 3. The molecule has 5 aromatic rings. The van der Waals surface area contributed by atoms with E-state index in [1.165, 1.54) is 17.6 Å². The van der Waals surface area contributed by atoms with Gasteiger partial charge in [-0.1, -0.05) is 42.5 Å². The predicted octanol–water partition coefficient (Wildman–Crippen LogP) is 5.41. The number of carbonyl (C=O) groups is 2. The lowest BCUT2D eigenvalue weighted by atomic mass is 9.99. The number of ether oxygens (including phenoxy) is 1. The number of nitrogens with two attached hydrogens (primary N) is 1. The second-order valence-corrected chi connectivity index (χ2v) is 10.2. The maximum absolute atomic E-state index is 13.7. The molecule has 0 saturated carbocycles. The lowest BCUT2D eigenvalue weighted by molar-refractivity contribution is 0.0521. The van der Waals surface area contributed by atoms with Crippen molar-refractivity contribution in [2.24, 2.45) is 0 Å². The van der Waals surface area contributed by atoms with Crippen molar-refractivity contribution in [3.63, 3.8) is 0 Å². The Labute approximate surface area is 229 Å². The Morgan fingerprint density at radius 1 is 0.897 bits per heavy atom. The van der Waals surface area contributed by atoms with E-state index in [0.717, 1.165) is 33.5 Å². The number of thiophene rings is 1. The highest BCUT2D eigenvalue weighted by atomic mass is 32.1. The second-order valence-electron chi connectivity index (χ2n) is 9.24. The molecule has 0 unspecified atom stereocenters. The van der Waals surface area contributed by atoms with Crippen LogP contribution >= 0.6 is 11.3 Å². The van der Waals surface area contributed by atoms with Gasteiger partial charge >= 0.3 is 0 Å². The topological polar surface area (TPSA) is 102 Å². The van der Waals surface area contributed by atoms with Crippen LogP contribution in [0, 0.1) is 0 Å². The van der Waals surface area contributed by atoms with Crippen molar-refractivity contribution in [3.8, 4) is 28.1 Å². The van der Waals surface area contributed by atoms with E-state index in [4.69, 9.17) is 19.9 Å². The minimum atomic E-state index is -0.171. The number of benzene rings is 2. The van der Waals surface area contributed by atoms with Crippen molar-refractivity contribution in [3.05, 3.63) is 89.7 Å². The van der Waals surface area contributed by atoms with Gasteiger partial charge in [-0.15, -0.1) is 11.3 Å². The molecule has 39 heavy (non-hydrogen) atoms. The highest BCUT2D eigenvalue weighted by molar-refractivity contribution is 7.21. The van der Waals surface area contributed by atoms with Crippen molar-refractivity contribution < 1.29 is 18.7 Å². The van der Waals surface area contributed by atoms with Gasteiger partial charge in [0.1, 0.15) is 15.5 Å². The summed E-state index contributed by atoms with van der Waals surface area (Å²) in [4.78, 5) is 35.8. The van der Waals surface area contributed by atoms with Gasteiger partial charge in [0, 0.05) is 37.1 Å². The molecule has 2 N–H and O–H groups in total. The molecular weight excluding hydrogens is 512 g/mol. The summed E-state index contributed by atoms with van der Waals surface area (Å²) in [6, 6.07) is 23.1. The molecule has 1 fully saturated rings. The summed E-state index contributed by atoms with van der Waals surface area (Å²) < 4.78 is 10.6. The Morgan fingerprint density at radius 3 is 2.23 bits per heavy atom. The molecule has 1 aliphatic heterocycles. The predicted molar refractivity (Wildman–Crippen MR) is 152 cm³/mol. The number of piperazine rings is 1. The molecule has 1 aliphatic rings. The molecule has 0 aliphatic carbocycles. The zero-order valence-corrected chi connectivity index (χ0v) is 22.1. The Balaban J connectivity index is 1.35. The zero-order chi connectivity index (χ0) is 26.9. The van der Waals surface area contributed by atoms with Crippen LogP contribution < -0.4 is 10.5 Å². The quantitative estimate of drug-likeness (QED) is 0.321. The zero-order valence-electron chi connectivity index (χ0n) is 21.3. The number of anilines is 1. The van der Waals surface area contributed by atoms with Gasteiger partial charge in [0.05, 0.1) is 24.8 Å². The molecule has 8 nitrogen and oxygen atoms in total. The van der Waals surface area contributed by atoms with E-state index >= 15 is 0 Å². The van der Waals surface area contributed by atoms with Gasteiger partial charge in [-0.2, -0.15) is 0 Å². The SMILES string of the molecule is COc1ccc(-c2cc(-c3ccccc3)nc3sc(C(=O)N4CCN(C(=O)c5ccco5)CC4)c(N)c23)cc1. The fraction of sp³-hybridized carbons (Fsp3) is 0.167. The van der Waals surface area contributed by atoms with Gasteiger partial charge in [0.15, 0.2) is 5.76 Å². The van der Waals surface area contributed by atoms with E-state index in [1.807, 2.05) is 60.7 Å². The molecule has 1 saturated heterocycles. The van der Waals surface area contributed by atoms with Gasteiger partial charge in [0.25, 0.3) is 11.8 Å². The molecule has 0 radical (unpaired) electrons. The number of fused-ring (bicyclic) bond motifs is 1. The number of furan rings is 1. The molecule has 0 bridgehead atoms. The van der Waals surface area contributed by atoms with Gasteiger partial charge < -0.3 is 24.7 Å². The van der Waals surface area contributed by atoms with Gasteiger partial charge in [-0.3, -0.25) is 9.59 Å². The third kappa shape index (κ3) is 4.61. The Morgan fingerprint density at radius 2 is 1.59 bits per heavy atom. The van der Waals surface area contributed by atoms with Crippen LogP contribution in [0.3, 0.4) is 0 Å². The summed E-state index contributed by atoms with van der Waals surface area (Å²) in [6.45, 7) is 1.66. The summed E-state index contributed by atoms with van der Waals surface area (Å²) in [7, 11) is 1.63. The van der Waals surface area contributed by atoms with Crippen molar-refractivity contribution >= 4 is 39.1 Å². The van der Waals surface area contributed by atoms with Gasteiger partial charge in [0.2, 0.25) is 0 Å². The van der Waals surface area contributed by atoms with Crippen LogP contribution in [0.4, 0.5) is 5.69 Å². The van der Waals surface area contributed by atoms with Crippen molar-refractivity contribution in [2.75, 3.05) is 39.0 Å². The third-order valence-electron chi connectivity index (χ3n) is 6.95. The molecule has 2 amide bonds. The fourth-order valence-electron chi connectivity index (χ4n) is 4.85. The highest BCUT2D eigenvalue weighted by Gasteiger charge is 2.30. The maximum atomic E-state index is 13.7. The number of aromatic nitrogens is 1. The molecule has 4 heterocycles. The van der Waals surface area contributed by atoms with Crippen LogP contribution in [0.25, 0.3) is 32.6 Å². The lowest BCUT2D eigenvalue weighted by Crippen LogP contribution is -2.50. The number of hydrogen-bond acceptors (Lipinski definition) is 7. The minimum absolute atomic E-state index is 0.150. The van der Waals surface area contributed by atoms with Crippen LogP contribution in [-0.2, 0) is 0 Å². The first-order valence-electron chi connectivity index (χ1n) is 12.6. The Hall–Kier alpha value is -4.63. The summed E-state index contributed by atoms with van der Waals surface area (Å²) in [6.07, 6.45) is 1.48. The maximum Gasteiger partial charge on any atom is 0.289 e. The highest BCUT2D eigenvalue weighted by Crippen LogP contribution is 2.42. The number of methoxy groups -OCH3 is 1. The van der Waals surface area contributed by atoms with Crippen molar-refractivity contribution in [1.29, 1.82) is 0 Å². The number of nitrogen functional groups attached to an aromatic ring is 1. The van der Waals surface area contributed by atoms with Crippen LogP contribution in [-0.4, -0.2) is 59.9 Å². The largest absolute Gasteiger partial charge is 0.497 e. The molecule has 2 aromatic carbocycles.